The van der Waals surface area contributed by atoms with Gasteiger partial charge < -0.3 is 4.90 Å². The number of hydrogen-bond donors (Lipinski definition) is 0. The van der Waals surface area contributed by atoms with Crippen molar-refractivity contribution in [3.63, 3.8) is 0 Å². The van der Waals surface area contributed by atoms with Gasteiger partial charge in [-0.15, -0.1) is 0 Å². The first kappa shape index (κ1) is 32.3. The minimum atomic E-state index is -0.182. The van der Waals surface area contributed by atoms with Crippen molar-refractivity contribution in [3.05, 3.63) is 178 Å². The summed E-state index contributed by atoms with van der Waals surface area (Å²) >= 11 is 0. The van der Waals surface area contributed by atoms with Crippen LogP contribution in [-0.2, 0) is 21.7 Å². The van der Waals surface area contributed by atoms with E-state index < -0.39 is 0 Å². The van der Waals surface area contributed by atoms with Crippen molar-refractivity contribution in [1.82, 2.24) is 0 Å². The van der Waals surface area contributed by atoms with Gasteiger partial charge >= 0.3 is 0 Å². The first-order valence-corrected chi connectivity index (χ1v) is 19.2. The minimum absolute atomic E-state index is 0.0970. The smallest absolute Gasteiger partial charge is 0.0465 e. The second kappa shape index (κ2) is 10.2. The number of allylic oxidation sites excluding steroid dienone is 2. The lowest BCUT2D eigenvalue weighted by molar-refractivity contribution is 0.652. The second-order valence-electron chi connectivity index (χ2n) is 18.0. The maximum atomic E-state index is 4.49. The molecular formula is C52H47N. The van der Waals surface area contributed by atoms with E-state index in [9.17, 15) is 0 Å². The van der Waals surface area contributed by atoms with Gasteiger partial charge in [0.15, 0.2) is 0 Å². The van der Waals surface area contributed by atoms with Gasteiger partial charge in [0, 0.05) is 38.7 Å². The van der Waals surface area contributed by atoms with Crippen LogP contribution in [0.15, 0.2) is 134 Å². The van der Waals surface area contributed by atoms with Crippen LogP contribution in [0.4, 0.5) is 17.1 Å². The summed E-state index contributed by atoms with van der Waals surface area (Å²) in [6.07, 6.45) is 0. The summed E-state index contributed by atoms with van der Waals surface area (Å²) in [6, 6.07) is 44.2. The summed E-state index contributed by atoms with van der Waals surface area (Å²) in [4.78, 5) is 2.51. The van der Waals surface area contributed by atoms with Crippen molar-refractivity contribution in [2.24, 2.45) is 0 Å². The zero-order valence-corrected chi connectivity index (χ0v) is 32.3. The van der Waals surface area contributed by atoms with Crippen LogP contribution < -0.4 is 4.90 Å². The van der Waals surface area contributed by atoms with Crippen LogP contribution in [0, 0.1) is 0 Å². The van der Waals surface area contributed by atoms with E-state index in [1.807, 2.05) is 0 Å². The Morgan fingerprint density at radius 3 is 1.15 bits per heavy atom. The molecule has 6 aromatic carbocycles. The lowest BCUT2D eigenvalue weighted by atomic mass is 9.79. The highest BCUT2D eigenvalue weighted by Crippen LogP contribution is 2.58. The third-order valence-electron chi connectivity index (χ3n) is 13.8. The van der Waals surface area contributed by atoms with Gasteiger partial charge in [-0.25, -0.2) is 0 Å². The van der Waals surface area contributed by atoms with Crippen molar-refractivity contribution in [3.8, 4) is 33.4 Å². The van der Waals surface area contributed by atoms with Crippen LogP contribution in [-0.4, -0.2) is 0 Å². The van der Waals surface area contributed by atoms with E-state index in [4.69, 9.17) is 0 Å². The molecular weight excluding hydrogens is 639 g/mol. The number of benzene rings is 6. The quantitative estimate of drug-likeness (QED) is 0.179. The van der Waals surface area contributed by atoms with E-state index in [1.165, 1.54) is 95.0 Å². The molecule has 0 aromatic heterocycles. The topological polar surface area (TPSA) is 3.24 Å². The molecule has 10 rings (SSSR count). The van der Waals surface area contributed by atoms with Gasteiger partial charge in [0.2, 0.25) is 0 Å². The highest BCUT2D eigenvalue weighted by Gasteiger charge is 2.43. The fourth-order valence-corrected chi connectivity index (χ4v) is 10.5. The van der Waals surface area contributed by atoms with Crippen molar-refractivity contribution < 1.29 is 0 Å². The van der Waals surface area contributed by atoms with E-state index in [0.717, 1.165) is 11.1 Å². The van der Waals surface area contributed by atoms with Crippen molar-refractivity contribution >= 4 is 22.6 Å². The summed E-state index contributed by atoms with van der Waals surface area (Å²) < 4.78 is 0. The van der Waals surface area contributed by atoms with Crippen LogP contribution in [0.1, 0.15) is 99.9 Å². The molecule has 0 fully saturated rings. The maximum Gasteiger partial charge on any atom is 0.0465 e. The molecule has 0 saturated heterocycles. The standard InChI is InChI=1S/C52H47N/c1-30-31(2)49(3,4)47-29-41-39-24-21-34(27-46(39)52(9,10)48(41)28-40(30)47)53(32-19-22-37-35-15-11-13-17-42(35)50(5,6)44(37)25-32)33-20-23-38-36-16-12-14-18-43(36)51(7,8)45(38)26-33/h11-29H,1-2H2,3-10H3. The molecule has 4 aliphatic rings. The predicted molar refractivity (Wildman–Crippen MR) is 225 cm³/mol. The Morgan fingerprint density at radius 2 is 0.679 bits per heavy atom. The first-order valence-electron chi connectivity index (χ1n) is 19.2. The Bertz CT molecular complexity index is 2550. The van der Waals surface area contributed by atoms with Gasteiger partial charge in [0.25, 0.3) is 0 Å². The molecule has 0 aliphatic heterocycles. The maximum absolute atomic E-state index is 4.49. The lowest BCUT2D eigenvalue weighted by Crippen LogP contribution is -2.19. The SMILES string of the molecule is C=C1C(=C)C(C)(C)c2cc3c(cc21)C(C)(C)c1cc(N(c2ccc4c(c2)C(C)(C)c2ccccc2-4)c2ccc4c(c2)C(C)(C)c2ccccc2-4)ccc1-3. The summed E-state index contributed by atoms with van der Waals surface area (Å²) in [5.41, 5.74) is 24.2. The zero-order chi connectivity index (χ0) is 37.0. The molecule has 6 aromatic rings. The van der Waals surface area contributed by atoms with E-state index in [1.54, 1.807) is 0 Å². The fourth-order valence-electron chi connectivity index (χ4n) is 10.5. The van der Waals surface area contributed by atoms with Gasteiger partial charge in [-0.05, 0) is 138 Å². The van der Waals surface area contributed by atoms with E-state index in [0.29, 0.717) is 0 Å². The summed E-state index contributed by atoms with van der Waals surface area (Å²) in [5.74, 6) is 0. The molecule has 1 heteroatoms. The Kier molecular flexibility index (Phi) is 6.19. The van der Waals surface area contributed by atoms with Crippen molar-refractivity contribution in [2.75, 3.05) is 4.90 Å². The molecule has 0 amide bonds. The highest BCUT2D eigenvalue weighted by molar-refractivity contribution is 5.94. The van der Waals surface area contributed by atoms with Gasteiger partial charge in [0.1, 0.15) is 0 Å². The molecule has 0 atom stereocenters. The second-order valence-corrected chi connectivity index (χ2v) is 18.0. The van der Waals surface area contributed by atoms with Gasteiger partial charge in [0.05, 0.1) is 0 Å². The molecule has 260 valence electrons. The molecule has 0 spiro atoms. The third kappa shape index (κ3) is 4.03. The van der Waals surface area contributed by atoms with Gasteiger partial charge in [-0.1, -0.05) is 135 Å². The molecule has 0 radical (unpaired) electrons. The third-order valence-corrected chi connectivity index (χ3v) is 13.8. The van der Waals surface area contributed by atoms with E-state index in [-0.39, 0.29) is 21.7 Å². The normalized spacial score (nSPS) is 18.1. The molecule has 0 unspecified atom stereocenters. The molecule has 0 saturated carbocycles. The lowest BCUT2D eigenvalue weighted by Gasteiger charge is -2.31. The molecule has 0 N–H and O–H groups in total. The monoisotopic (exact) mass is 685 g/mol. The van der Waals surface area contributed by atoms with Crippen LogP contribution >= 0.6 is 0 Å². The van der Waals surface area contributed by atoms with Crippen LogP contribution in [0.2, 0.25) is 0 Å². The predicted octanol–water partition coefficient (Wildman–Crippen LogP) is 13.9. The van der Waals surface area contributed by atoms with E-state index in [2.05, 4.69) is 189 Å². The number of fused-ring (bicyclic) bond motifs is 10. The first-order chi connectivity index (χ1) is 25.1. The number of rotatable bonds is 3. The summed E-state index contributed by atoms with van der Waals surface area (Å²) in [5, 5.41) is 0. The molecule has 53 heavy (non-hydrogen) atoms. The average molecular weight is 686 g/mol. The average Bonchev–Trinajstić information content (AvgIpc) is 3.68. The summed E-state index contributed by atoms with van der Waals surface area (Å²) in [7, 11) is 0. The minimum Gasteiger partial charge on any atom is -0.310 e. The van der Waals surface area contributed by atoms with E-state index >= 15 is 0 Å². The Balaban J connectivity index is 1.17. The number of hydrogen-bond acceptors (Lipinski definition) is 1. The summed E-state index contributed by atoms with van der Waals surface area (Å²) in [6.45, 7) is 27.8. The van der Waals surface area contributed by atoms with Crippen molar-refractivity contribution in [1.29, 1.82) is 0 Å². The number of nitrogens with zero attached hydrogens (tertiary/aromatic N) is 1. The fraction of sp³-hybridized carbons (Fsp3) is 0.231. The number of anilines is 3. The Labute approximate surface area is 315 Å². The largest absolute Gasteiger partial charge is 0.310 e. The molecule has 0 heterocycles. The van der Waals surface area contributed by atoms with Crippen LogP contribution in [0.5, 0.6) is 0 Å². The Morgan fingerprint density at radius 1 is 0.340 bits per heavy atom. The van der Waals surface area contributed by atoms with Gasteiger partial charge in [-0.2, -0.15) is 0 Å². The molecule has 0 bridgehead atoms. The van der Waals surface area contributed by atoms with Gasteiger partial charge in [-0.3, -0.25) is 0 Å². The molecule has 4 aliphatic carbocycles. The zero-order valence-electron chi connectivity index (χ0n) is 32.3. The highest BCUT2D eigenvalue weighted by atomic mass is 15.1. The van der Waals surface area contributed by atoms with Crippen molar-refractivity contribution in [2.45, 2.75) is 77.0 Å². The van der Waals surface area contributed by atoms with Crippen LogP contribution in [0.25, 0.3) is 39.0 Å². The molecule has 1 nitrogen and oxygen atoms in total. The van der Waals surface area contributed by atoms with Crippen LogP contribution in [0.3, 0.4) is 0 Å². The Hall–Kier alpha value is -5.40.